The zero-order valence-electron chi connectivity index (χ0n) is 6.17. The molecular formula is C7H13N2P. The number of aliphatic imine (C=N–C) groups is 1. The Hall–Kier alpha value is -0.620. The van der Waals surface area contributed by atoms with E-state index in [9.17, 15) is 0 Å². The van der Waals surface area contributed by atoms with Crippen molar-refractivity contribution < 1.29 is 0 Å². The van der Waals surface area contributed by atoms with Crippen molar-refractivity contribution in [2.24, 2.45) is 4.99 Å². The van der Waals surface area contributed by atoms with Gasteiger partial charge in [-0.3, -0.25) is 4.99 Å². The summed E-state index contributed by atoms with van der Waals surface area (Å²) in [5, 5.41) is 2.96. The van der Waals surface area contributed by atoms with Crippen LogP contribution in [0.3, 0.4) is 0 Å². The van der Waals surface area contributed by atoms with E-state index < -0.39 is 0 Å². The Morgan fingerprint density at radius 2 is 2.50 bits per heavy atom. The third-order valence-electron chi connectivity index (χ3n) is 0.774. The van der Waals surface area contributed by atoms with Crippen LogP contribution in [0.1, 0.15) is 6.92 Å². The highest BCUT2D eigenvalue weighted by atomic mass is 31.0. The minimum Gasteiger partial charge on any atom is -0.372 e. The quantitative estimate of drug-likeness (QED) is 0.284. The Balaban J connectivity index is 3.27. The van der Waals surface area contributed by atoms with Gasteiger partial charge in [-0.15, -0.1) is 0 Å². The lowest BCUT2D eigenvalue weighted by atomic mass is 10.3. The summed E-state index contributed by atoms with van der Waals surface area (Å²) in [5.41, 5.74) is 1.03. The molecule has 0 heterocycles. The molecule has 1 N–H and O–H groups in total. The van der Waals surface area contributed by atoms with Gasteiger partial charge in [-0.25, -0.2) is 0 Å². The minimum absolute atomic E-state index is 0.618. The van der Waals surface area contributed by atoms with Crippen molar-refractivity contribution in [3.63, 3.8) is 0 Å². The lowest BCUT2D eigenvalue weighted by Crippen LogP contribution is -2.03. The first-order valence-electron chi connectivity index (χ1n) is 3.03. The highest BCUT2D eigenvalue weighted by Gasteiger charge is 1.72. The molecular weight excluding hydrogens is 143 g/mol. The number of hydrogen-bond donors (Lipinski definition) is 1. The van der Waals surface area contributed by atoms with Gasteiger partial charge in [0.25, 0.3) is 0 Å². The van der Waals surface area contributed by atoms with Crippen LogP contribution in [-0.2, 0) is 0 Å². The maximum absolute atomic E-state index is 3.91. The maximum Gasteiger partial charge on any atom is 0.107 e. The van der Waals surface area contributed by atoms with E-state index in [1.807, 2.05) is 19.2 Å². The summed E-state index contributed by atoms with van der Waals surface area (Å²) in [6.45, 7) is 6.26. The van der Waals surface area contributed by atoms with Crippen LogP contribution < -0.4 is 5.32 Å². The first-order valence-corrected chi connectivity index (χ1v) is 3.69. The largest absolute Gasteiger partial charge is 0.372 e. The number of hydrogen-bond acceptors (Lipinski definition) is 2. The molecule has 0 saturated carbocycles. The SMILES string of the molecule is C=C(C)/C=C\NC/N=C/P. The Morgan fingerprint density at radius 3 is 3.00 bits per heavy atom. The van der Waals surface area contributed by atoms with Gasteiger partial charge in [0.05, 0.1) is 0 Å². The topological polar surface area (TPSA) is 24.4 Å². The molecule has 0 fully saturated rings. The second-order valence-electron chi connectivity index (χ2n) is 1.87. The van der Waals surface area contributed by atoms with Crippen LogP contribution >= 0.6 is 9.24 Å². The van der Waals surface area contributed by atoms with Crippen molar-refractivity contribution in [2.45, 2.75) is 6.92 Å². The zero-order chi connectivity index (χ0) is 7.82. The van der Waals surface area contributed by atoms with Crippen molar-refractivity contribution in [2.75, 3.05) is 6.67 Å². The zero-order valence-corrected chi connectivity index (χ0v) is 7.33. The fourth-order valence-corrected chi connectivity index (χ4v) is 0.465. The molecule has 10 heavy (non-hydrogen) atoms. The third-order valence-corrected chi connectivity index (χ3v) is 0.985. The van der Waals surface area contributed by atoms with Gasteiger partial charge in [0.1, 0.15) is 6.67 Å². The second-order valence-corrected chi connectivity index (χ2v) is 2.17. The maximum atomic E-state index is 3.91. The first-order chi connectivity index (χ1) is 4.77. The van der Waals surface area contributed by atoms with E-state index in [-0.39, 0.29) is 0 Å². The highest BCUT2D eigenvalue weighted by molar-refractivity contribution is 7.36. The highest BCUT2D eigenvalue weighted by Crippen LogP contribution is 1.85. The fourth-order valence-electron chi connectivity index (χ4n) is 0.359. The smallest absolute Gasteiger partial charge is 0.107 e. The van der Waals surface area contributed by atoms with Gasteiger partial charge in [-0.1, -0.05) is 21.4 Å². The van der Waals surface area contributed by atoms with E-state index in [1.54, 1.807) is 5.96 Å². The molecule has 0 aromatic carbocycles. The molecule has 0 spiro atoms. The first kappa shape index (κ1) is 9.38. The number of nitrogens with one attached hydrogen (secondary N) is 1. The predicted octanol–water partition coefficient (Wildman–Crippen LogP) is 1.53. The molecule has 0 aromatic heterocycles. The van der Waals surface area contributed by atoms with E-state index in [4.69, 9.17) is 0 Å². The summed E-state index contributed by atoms with van der Waals surface area (Å²) in [6.07, 6.45) is 3.73. The average Bonchev–Trinajstić information content (AvgIpc) is 1.87. The van der Waals surface area contributed by atoms with Gasteiger partial charge in [-0.2, -0.15) is 0 Å². The van der Waals surface area contributed by atoms with Crippen LogP contribution in [0.2, 0.25) is 0 Å². The molecule has 2 nitrogen and oxygen atoms in total. The van der Waals surface area contributed by atoms with Crippen LogP contribution in [0, 0.1) is 0 Å². The van der Waals surface area contributed by atoms with Gasteiger partial charge in [-0.05, 0) is 19.2 Å². The summed E-state index contributed by atoms with van der Waals surface area (Å²) in [6, 6.07) is 0. The molecule has 0 saturated heterocycles. The molecule has 0 rings (SSSR count). The van der Waals surface area contributed by atoms with Crippen LogP contribution in [-0.4, -0.2) is 12.6 Å². The van der Waals surface area contributed by atoms with Crippen LogP contribution in [0.5, 0.6) is 0 Å². The second kappa shape index (κ2) is 6.50. The van der Waals surface area contributed by atoms with Crippen molar-refractivity contribution in [3.05, 3.63) is 24.4 Å². The number of rotatable bonds is 4. The van der Waals surface area contributed by atoms with Crippen LogP contribution in [0.25, 0.3) is 0 Å². The van der Waals surface area contributed by atoms with Crippen molar-refractivity contribution in [1.82, 2.24) is 5.32 Å². The summed E-state index contributed by atoms with van der Waals surface area (Å²) < 4.78 is 0. The Bertz CT molecular complexity index is 150. The normalized spacial score (nSPS) is 11.0. The van der Waals surface area contributed by atoms with Gasteiger partial charge >= 0.3 is 0 Å². The molecule has 0 amide bonds. The molecule has 0 aliphatic heterocycles. The van der Waals surface area contributed by atoms with Gasteiger partial charge in [0.15, 0.2) is 0 Å². The molecule has 0 aliphatic carbocycles. The molecule has 1 atom stereocenters. The monoisotopic (exact) mass is 156 g/mol. The predicted molar refractivity (Wildman–Crippen MR) is 50.2 cm³/mol. The Kier molecular flexibility index (Phi) is 6.10. The van der Waals surface area contributed by atoms with Crippen LogP contribution in [0.4, 0.5) is 0 Å². The van der Waals surface area contributed by atoms with Crippen LogP contribution in [0.15, 0.2) is 29.4 Å². The Morgan fingerprint density at radius 1 is 1.80 bits per heavy atom. The van der Waals surface area contributed by atoms with Crippen molar-refractivity contribution in [1.29, 1.82) is 0 Å². The van der Waals surface area contributed by atoms with Gasteiger partial charge < -0.3 is 5.32 Å². The summed E-state index contributed by atoms with van der Waals surface area (Å²) >= 11 is 0. The molecule has 0 radical (unpaired) electrons. The molecule has 0 aromatic rings. The van der Waals surface area contributed by atoms with E-state index in [0.717, 1.165) is 5.57 Å². The lowest BCUT2D eigenvalue weighted by molar-refractivity contribution is 0.889. The van der Waals surface area contributed by atoms with Crippen molar-refractivity contribution >= 4 is 15.2 Å². The van der Waals surface area contributed by atoms with Gasteiger partial charge in [0.2, 0.25) is 0 Å². The molecule has 56 valence electrons. The lowest BCUT2D eigenvalue weighted by Gasteiger charge is -1.91. The minimum atomic E-state index is 0.618. The Labute approximate surface area is 64.3 Å². The summed E-state index contributed by atoms with van der Waals surface area (Å²) in [7, 11) is 2.41. The molecule has 3 heteroatoms. The number of nitrogens with zero attached hydrogens (tertiary/aromatic N) is 1. The van der Waals surface area contributed by atoms with E-state index in [0.29, 0.717) is 6.67 Å². The standard InChI is InChI=1S/C7H13N2P/c1-7(2)3-4-8-5-9-6-10/h3-4,6,8H,1,5,10H2,2H3/b4-3-,9-6+. The summed E-state index contributed by atoms with van der Waals surface area (Å²) in [4.78, 5) is 3.91. The number of allylic oxidation sites excluding steroid dienone is 2. The van der Waals surface area contributed by atoms with Crippen molar-refractivity contribution in [3.8, 4) is 0 Å². The average molecular weight is 156 g/mol. The van der Waals surface area contributed by atoms with Gasteiger partial charge in [0, 0.05) is 5.96 Å². The molecule has 0 aliphatic rings. The van der Waals surface area contributed by atoms with E-state index >= 15 is 0 Å². The van der Waals surface area contributed by atoms with E-state index in [1.165, 1.54) is 0 Å². The summed E-state index contributed by atoms with van der Waals surface area (Å²) in [5.74, 6) is 1.68. The van der Waals surface area contributed by atoms with E-state index in [2.05, 4.69) is 26.1 Å². The molecule has 0 bridgehead atoms. The fraction of sp³-hybridized carbons (Fsp3) is 0.286. The molecule has 1 unspecified atom stereocenters. The third kappa shape index (κ3) is 7.38.